The Balaban J connectivity index is 2.68. The van der Waals surface area contributed by atoms with Gasteiger partial charge in [0.1, 0.15) is 0 Å². The average Bonchev–Trinajstić information content (AvgIpc) is 2.55. The predicted octanol–water partition coefficient (Wildman–Crippen LogP) is 2.20. The molecule has 0 saturated carbocycles. The smallest absolute Gasteiger partial charge is 0.271 e. The fourth-order valence-electron chi connectivity index (χ4n) is 1.46. The van der Waals surface area contributed by atoms with E-state index >= 15 is 0 Å². The minimum absolute atomic E-state index is 0.0771. The van der Waals surface area contributed by atoms with Crippen LogP contribution in [0.5, 0.6) is 0 Å². The van der Waals surface area contributed by atoms with Crippen LogP contribution in [-0.2, 0) is 7.05 Å². The van der Waals surface area contributed by atoms with E-state index in [1.807, 2.05) is 17.9 Å². The Morgan fingerprint density at radius 1 is 1.53 bits per heavy atom. The van der Waals surface area contributed by atoms with Crippen molar-refractivity contribution in [1.29, 1.82) is 0 Å². The van der Waals surface area contributed by atoms with Crippen molar-refractivity contribution in [2.45, 2.75) is 5.16 Å². The highest BCUT2D eigenvalue weighted by Crippen LogP contribution is 2.24. The molecule has 1 aromatic carbocycles. The van der Waals surface area contributed by atoms with E-state index in [0.717, 1.165) is 10.7 Å². The number of nitrogens with zero attached hydrogens (tertiary/aromatic N) is 3. The van der Waals surface area contributed by atoms with Crippen LogP contribution in [-0.4, -0.2) is 20.7 Å². The number of rotatable bonds is 2. The highest BCUT2D eigenvalue weighted by atomic mass is 32.2. The topological polar surface area (TPSA) is 61.0 Å². The first kappa shape index (κ1) is 9.97. The van der Waals surface area contributed by atoms with E-state index in [9.17, 15) is 10.1 Å². The Morgan fingerprint density at radius 2 is 2.27 bits per heavy atom. The summed E-state index contributed by atoms with van der Waals surface area (Å²) >= 11 is 1.52. The van der Waals surface area contributed by atoms with Crippen molar-refractivity contribution >= 4 is 28.5 Å². The van der Waals surface area contributed by atoms with Crippen molar-refractivity contribution in [2.24, 2.45) is 7.05 Å². The number of fused-ring (bicyclic) bond motifs is 1. The minimum Gasteiger partial charge on any atom is -0.322 e. The Labute approximate surface area is 90.3 Å². The van der Waals surface area contributed by atoms with Gasteiger partial charge < -0.3 is 4.57 Å². The van der Waals surface area contributed by atoms with Gasteiger partial charge in [0, 0.05) is 19.2 Å². The highest BCUT2D eigenvalue weighted by molar-refractivity contribution is 7.98. The molecule has 0 aliphatic heterocycles. The van der Waals surface area contributed by atoms with E-state index in [1.165, 1.54) is 23.9 Å². The van der Waals surface area contributed by atoms with Gasteiger partial charge in [-0.05, 0) is 12.3 Å². The number of thioether (sulfide) groups is 1. The number of hydrogen-bond donors (Lipinski definition) is 0. The van der Waals surface area contributed by atoms with E-state index in [-0.39, 0.29) is 5.69 Å². The number of hydrogen-bond acceptors (Lipinski definition) is 4. The molecule has 78 valence electrons. The lowest BCUT2D eigenvalue weighted by atomic mass is 10.3. The van der Waals surface area contributed by atoms with Gasteiger partial charge >= 0.3 is 0 Å². The van der Waals surface area contributed by atoms with Crippen LogP contribution < -0.4 is 0 Å². The fourth-order valence-corrected chi connectivity index (χ4v) is 2.02. The van der Waals surface area contributed by atoms with Crippen LogP contribution >= 0.6 is 11.8 Å². The van der Waals surface area contributed by atoms with Gasteiger partial charge in [0.05, 0.1) is 16.0 Å². The summed E-state index contributed by atoms with van der Waals surface area (Å²) in [7, 11) is 1.90. The van der Waals surface area contributed by atoms with Crippen molar-refractivity contribution in [3.63, 3.8) is 0 Å². The van der Waals surface area contributed by atoms with Crippen molar-refractivity contribution in [3.8, 4) is 0 Å². The molecule has 1 heterocycles. The lowest BCUT2D eigenvalue weighted by Crippen LogP contribution is -1.90. The predicted molar refractivity (Wildman–Crippen MR) is 59.1 cm³/mol. The molecule has 0 radical (unpaired) electrons. The van der Waals surface area contributed by atoms with Crippen LogP contribution in [0.15, 0.2) is 23.4 Å². The fraction of sp³-hybridized carbons (Fsp3) is 0.222. The zero-order valence-corrected chi connectivity index (χ0v) is 9.11. The first-order valence-electron chi connectivity index (χ1n) is 4.28. The van der Waals surface area contributed by atoms with Crippen LogP contribution in [0.2, 0.25) is 0 Å². The maximum atomic E-state index is 10.6. The van der Waals surface area contributed by atoms with Gasteiger partial charge in [-0.15, -0.1) is 0 Å². The third kappa shape index (κ3) is 1.56. The normalized spacial score (nSPS) is 10.8. The SMILES string of the molecule is CSc1nc2cc([N+](=O)[O-])ccc2n1C. The molecule has 0 atom stereocenters. The van der Waals surface area contributed by atoms with Crippen molar-refractivity contribution in [2.75, 3.05) is 6.26 Å². The second-order valence-corrected chi connectivity index (χ2v) is 3.86. The number of non-ortho nitro benzene ring substituents is 1. The number of imidazole rings is 1. The monoisotopic (exact) mass is 223 g/mol. The lowest BCUT2D eigenvalue weighted by Gasteiger charge is -1.96. The zero-order valence-electron chi connectivity index (χ0n) is 8.30. The van der Waals surface area contributed by atoms with Gasteiger partial charge in [-0.3, -0.25) is 10.1 Å². The van der Waals surface area contributed by atoms with E-state index in [0.29, 0.717) is 5.52 Å². The molecule has 2 rings (SSSR count). The molecular formula is C9H9N3O2S. The van der Waals surface area contributed by atoms with E-state index in [1.54, 1.807) is 6.07 Å². The van der Waals surface area contributed by atoms with Crippen LogP contribution in [0.1, 0.15) is 0 Å². The Bertz CT molecular complexity index is 535. The maximum absolute atomic E-state index is 10.6. The largest absolute Gasteiger partial charge is 0.322 e. The molecule has 2 aromatic rings. The number of nitro groups is 1. The van der Waals surface area contributed by atoms with E-state index in [2.05, 4.69) is 4.98 Å². The zero-order chi connectivity index (χ0) is 11.0. The summed E-state index contributed by atoms with van der Waals surface area (Å²) in [5.74, 6) is 0. The molecule has 5 nitrogen and oxygen atoms in total. The van der Waals surface area contributed by atoms with Gasteiger partial charge in [0.25, 0.3) is 5.69 Å². The van der Waals surface area contributed by atoms with E-state index < -0.39 is 4.92 Å². The lowest BCUT2D eigenvalue weighted by molar-refractivity contribution is -0.384. The summed E-state index contributed by atoms with van der Waals surface area (Å²) in [6, 6.07) is 4.71. The Morgan fingerprint density at radius 3 is 2.87 bits per heavy atom. The molecule has 6 heteroatoms. The van der Waals surface area contributed by atoms with Crippen LogP contribution in [0.3, 0.4) is 0 Å². The molecular weight excluding hydrogens is 214 g/mol. The Hall–Kier alpha value is -1.56. The van der Waals surface area contributed by atoms with Gasteiger partial charge in [0.15, 0.2) is 5.16 Å². The molecule has 0 unspecified atom stereocenters. The quantitative estimate of drug-likeness (QED) is 0.445. The number of aryl methyl sites for hydroxylation is 1. The number of aromatic nitrogens is 2. The molecule has 0 spiro atoms. The molecule has 1 aromatic heterocycles. The average molecular weight is 223 g/mol. The molecule has 0 N–H and O–H groups in total. The second kappa shape index (κ2) is 3.54. The third-order valence-corrected chi connectivity index (χ3v) is 2.95. The molecule has 0 bridgehead atoms. The summed E-state index contributed by atoms with van der Waals surface area (Å²) in [5, 5.41) is 11.4. The summed E-state index contributed by atoms with van der Waals surface area (Å²) in [4.78, 5) is 14.5. The highest BCUT2D eigenvalue weighted by Gasteiger charge is 2.11. The Kier molecular flexibility index (Phi) is 2.36. The first-order chi connectivity index (χ1) is 7.13. The second-order valence-electron chi connectivity index (χ2n) is 3.09. The molecule has 0 saturated heterocycles. The number of benzene rings is 1. The number of nitro benzene ring substituents is 1. The molecule has 0 aliphatic rings. The molecule has 0 amide bonds. The van der Waals surface area contributed by atoms with Gasteiger partial charge in [0.2, 0.25) is 0 Å². The van der Waals surface area contributed by atoms with Gasteiger partial charge in [-0.1, -0.05) is 11.8 Å². The van der Waals surface area contributed by atoms with Crippen LogP contribution in [0, 0.1) is 10.1 Å². The molecule has 15 heavy (non-hydrogen) atoms. The molecule has 0 fully saturated rings. The summed E-state index contributed by atoms with van der Waals surface area (Å²) in [5.41, 5.74) is 1.65. The third-order valence-electron chi connectivity index (χ3n) is 2.22. The summed E-state index contributed by atoms with van der Waals surface area (Å²) < 4.78 is 1.92. The van der Waals surface area contributed by atoms with Crippen LogP contribution in [0.4, 0.5) is 5.69 Å². The van der Waals surface area contributed by atoms with Crippen molar-refractivity contribution in [1.82, 2.24) is 9.55 Å². The summed E-state index contributed by atoms with van der Waals surface area (Å²) in [6.45, 7) is 0. The summed E-state index contributed by atoms with van der Waals surface area (Å²) in [6.07, 6.45) is 1.93. The maximum Gasteiger partial charge on any atom is 0.271 e. The first-order valence-corrected chi connectivity index (χ1v) is 5.51. The van der Waals surface area contributed by atoms with E-state index in [4.69, 9.17) is 0 Å². The molecule has 0 aliphatic carbocycles. The van der Waals surface area contributed by atoms with Crippen molar-refractivity contribution < 1.29 is 4.92 Å². The standard InChI is InChI=1S/C9H9N3O2S/c1-11-8-4-3-6(12(13)14)5-7(8)10-9(11)15-2/h3-5H,1-2H3. The van der Waals surface area contributed by atoms with Gasteiger partial charge in [-0.25, -0.2) is 4.98 Å². The minimum atomic E-state index is -0.410. The van der Waals surface area contributed by atoms with Gasteiger partial charge in [-0.2, -0.15) is 0 Å². The van der Waals surface area contributed by atoms with Crippen molar-refractivity contribution in [3.05, 3.63) is 28.3 Å². The van der Waals surface area contributed by atoms with Crippen LogP contribution in [0.25, 0.3) is 11.0 Å².